The highest BCUT2D eigenvalue weighted by Crippen LogP contribution is 2.23. The van der Waals surface area contributed by atoms with E-state index in [1.165, 1.54) is 6.92 Å². The van der Waals surface area contributed by atoms with Crippen LogP contribution in [0.5, 0.6) is 0 Å². The quantitative estimate of drug-likeness (QED) is 0.633. The Hall–Kier alpha value is -0.690. The number of hydrogen-bond acceptors (Lipinski definition) is 6. The van der Waals surface area contributed by atoms with Crippen LogP contribution in [0.2, 0.25) is 0 Å². The van der Waals surface area contributed by atoms with Crippen molar-refractivity contribution in [3.05, 3.63) is 0 Å². The van der Waals surface area contributed by atoms with Crippen molar-refractivity contribution < 1.29 is 29.2 Å². The average molecular weight is 234 g/mol. The highest BCUT2D eigenvalue weighted by molar-refractivity contribution is 5.65. The maximum absolute atomic E-state index is 10.6. The minimum atomic E-state index is -1.20. The summed E-state index contributed by atoms with van der Waals surface area (Å²) in [5.41, 5.74) is 0. The smallest absolute Gasteiger partial charge is 0.302 e. The maximum atomic E-state index is 10.6. The van der Waals surface area contributed by atoms with Crippen molar-refractivity contribution in [1.82, 2.24) is 0 Å². The summed E-state index contributed by atoms with van der Waals surface area (Å²) >= 11 is 0. The van der Waals surface area contributed by atoms with Gasteiger partial charge in [0.15, 0.2) is 6.29 Å². The second-order valence-corrected chi connectivity index (χ2v) is 4.01. The molecule has 1 fully saturated rings. The third-order valence-corrected chi connectivity index (χ3v) is 2.19. The van der Waals surface area contributed by atoms with Crippen molar-refractivity contribution in [2.24, 2.45) is 0 Å². The summed E-state index contributed by atoms with van der Waals surface area (Å²) in [4.78, 5) is 10.6. The normalized spacial score (nSPS) is 34.4. The lowest BCUT2D eigenvalue weighted by Crippen LogP contribution is -2.38. The highest BCUT2D eigenvalue weighted by Gasteiger charge is 2.44. The van der Waals surface area contributed by atoms with E-state index in [4.69, 9.17) is 14.2 Å². The lowest BCUT2D eigenvalue weighted by molar-refractivity contribution is -0.163. The van der Waals surface area contributed by atoms with Crippen LogP contribution in [-0.4, -0.2) is 53.5 Å². The summed E-state index contributed by atoms with van der Waals surface area (Å²) in [6, 6.07) is 0. The Morgan fingerprint density at radius 2 is 2.06 bits per heavy atom. The van der Waals surface area contributed by atoms with Gasteiger partial charge in [-0.1, -0.05) is 0 Å². The fourth-order valence-electron chi connectivity index (χ4n) is 1.52. The van der Waals surface area contributed by atoms with Gasteiger partial charge in [-0.25, -0.2) is 0 Å². The lowest BCUT2D eigenvalue weighted by Gasteiger charge is -2.20. The Bertz CT molecular complexity index is 241. The van der Waals surface area contributed by atoms with E-state index < -0.39 is 30.6 Å². The molecule has 0 amide bonds. The Morgan fingerprint density at radius 1 is 1.44 bits per heavy atom. The number of esters is 1. The third kappa shape index (κ3) is 3.41. The number of hydrogen-bond donors (Lipinski definition) is 2. The Labute approximate surface area is 94.1 Å². The molecule has 94 valence electrons. The molecule has 0 bridgehead atoms. The zero-order valence-electron chi connectivity index (χ0n) is 9.62. The predicted molar refractivity (Wildman–Crippen MR) is 53.5 cm³/mol. The fraction of sp³-hybridized carbons (Fsp3) is 0.900. The summed E-state index contributed by atoms with van der Waals surface area (Å²) in [6.07, 6.45) is -3.89. The van der Waals surface area contributed by atoms with Gasteiger partial charge in [0.2, 0.25) is 0 Å². The van der Waals surface area contributed by atoms with Crippen molar-refractivity contribution in [2.75, 3.05) is 6.61 Å². The van der Waals surface area contributed by atoms with Crippen LogP contribution in [0.1, 0.15) is 20.8 Å². The average Bonchev–Trinajstić information content (AvgIpc) is 2.42. The molecule has 1 saturated heterocycles. The van der Waals surface area contributed by atoms with Crippen molar-refractivity contribution in [1.29, 1.82) is 0 Å². The summed E-state index contributed by atoms with van der Waals surface area (Å²) in [6.45, 7) is 4.75. The SMILES string of the molecule is CC(=O)OC[C@H]1O[C@H](O)[C@H](OC(C)C)[C@@H]1O. The second kappa shape index (κ2) is 5.58. The number of rotatable bonds is 4. The van der Waals surface area contributed by atoms with E-state index in [9.17, 15) is 15.0 Å². The highest BCUT2D eigenvalue weighted by atomic mass is 16.7. The van der Waals surface area contributed by atoms with Crippen LogP contribution in [0, 0.1) is 0 Å². The van der Waals surface area contributed by atoms with Crippen molar-refractivity contribution in [3.8, 4) is 0 Å². The summed E-state index contributed by atoms with van der Waals surface area (Å²) in [7, 11) is 0. The van der Waals surface area contributed by atoms with E-state index in [1.807, 2.05) is 0 Å². The molecule has 0 unspecified atom stereocenters. The number of carbonyl (C=O) groups excluding carboxylic acids is 1. The Balaban J connectivity index is 2.49. The van der Waals surface area contributed by atoms with Crippen LogP contribution in [0.4, 0.5) is 0 Å². The summed E-state index contributed by atoms with van der Waals surface area (Å²) in [5.74, 6) is -0.460. The molecule has 1 rings (SSSR count). The van der Waals surface area contributed by atoms with Crippen LogP contribution in [-0.2, 0) is 19.0 Å². The first kappa shape index (κ1) is 13.4. The molecule has 0 spiro atoms. The molecule has 0 saturated carbocycles. The minimum Gasteiger partial charge on any atom is -0.463 e. The van der Waals surface area contributed by atoms with Gasteiger partial charge in [0, 0.05) is 6.92 Å². The van der Waals surface area contributed by atoms with Crippen LogP contribution in [0.25, 0.3) is 0 Å². The topological polar surface area (TPSA) is 85.2 Å². The summed E-state index contributed by atoms with van der Waals surface area (Å²) < 4.78 is 15.1. The Morgan fingerprint density at radius 3 is 2.56 bits per heavy atom. The van der Waals surface area contributed by atoms with Crippen molar-refractivity contribution in [2.45, 2.75) is 51.5 Å². The minimum absolute atomic E-state index is 0.0918. The van der Waals surface area contributed by atoms with E-state index in [-0.39, 0.29) is 12.7 Å². The van der Waals surface area contributed by atoms with Gasteiger partial charge in [-0.2, -0.15) is 0 Å². The molecule has 0 aromatic carbocycles. The monoisotopic (exact) mass is 234 g/mol. The van der Waals surface area contributed by atoms with Gasteiger partial charge in [0.05, 0.1) is 6.10 Å². The van der Waals surface area contributed by atoms with Gasteiger partial charge >= 0.3 is 5.97 Å². The molecule has 6 nitrogen and oxygen atoms in total. The van der Waals surface area contributed by atoms with Crippen molar-refractivity contribution in [3.63, 3.8) is 0 Å². The van der Waals surface area contributed by atoms with Crippen LogP contribution in [0.3, 0.4) is 0 Å². The molecule has 1 heterocycles. The molecule has 0 radical (unpaired) electrons. The zero-order valence-corrected chi connectivity index (χ0v) is 9.62. The number of aliphatic hydroxyl groups is 2. The van der Waals surface area contributed by atoms with E-state index >= 15 is 0 Å². The van der Waals surface area contributed by atoms with Crippen molar-refractivity contribution >= 4 is 5.97 Å². The summed E-state index contributed by atoms with van der Waals surface area (Å²) in [5, 5.41) is 19.3. The first-order valence-corrected chi connectivity index (χ1v) is 5.22. The van der Waals surface area contributed by atoms with Gasteiger partial charge in [0.1, 0.15) is 24.9 Å². The largest absolute Gasteiger partial charge is 0.463 e. The Kier molecular flexibility index (Phi) is 4.67. The molecular formula is C10H18O6. The van der Waals surface area contributed by atoms with Gasteiger partial charge in [-0.3, -0.25) is 4.79 Å². The van der Waals surface area contributed by atoms with Gasteiger partial charge < -0.3 is 24.4 Å². The number of aliphatic hydroxyl groups excluding tert-OH is 2. The van der Waals surface area contributed by atoms with Crippen LogP contribution in [0.15, 0.2) is 0 Å². The lowest BCUT2D eigenvalue weighted by atomic mass is 10.1. The van der Waals surface area contributed by atoms with Gasteiger partial charge in [-0.15, -0.1) is 0 Å². The zero-order chi connectivity index (χ0) is 12.3. The standard InChI is InChI=1S/C10H18O6/c1-5(2)15-9-8(12)7(16-10(9)13)4-14-6(3)11/h5,7-10,12-13H,4H2,1-3H3/t7-,8-,9-,10+/m1/s1. The van der Waals surface area contributed by atoms with Gasteiger partial charge in [0.25, 0.3) is 0 Å². The van der Waals surface area contributed by atoms with E-state index in [0.717, 1.165) is 0 Å². The van der Waals surface area contributed by atoms with E-state index in [2.05, 4.69) is 0 Å². The van der Waals surface area contributed by atoms with Crippen LogP contribution >= 0.6 is 0 Å². The molecular weight excluding hydrogens is 216 g/mol. The van der Waals surface area contributed by atoms with E-state index in [0.29, 0.717) is 0 Å². The molecule has 4 atom stereocenters. The molecule has 1 aliphatic rings. The van der Waals surface area contributed by atoms with E-state index in [1.54, 1.807) is 13.8 Å². The molecule has 2 N–H and O–H groups in total. The first-order chi connectivity index (χ1) is 7.41. The second-order valence-electron chi connectivity index (χ2n) is 4.01. The molecule has 0 aromatic rings. The maximum Gasteiger partial charge on any atom is 0.302 e. The molecule has 0 aliphatic carbocycles. The van der Waals surface area contributed by atoms with Gasteiger partial charge in [-0.05, 0) is 13.8 Å². The number of carbonyl (C=O) groups is 1. The fourth-order valence-corrected chi connectivity index (χ4v) is 1.52. The number of ether oxygens (including phenoxy) is 3. The predicted octanol–water partition coefficient (Wildman–Crippen LogP) is -0.579. The van der Waals surface area contributed by atoms with Crippen LogP contribution < -0.4 is 0 Å². The third-order valence-electron chi connectivity index (χ3n) is 2.19. The first-order valence-electron chi connectivity index (χ1n) is 5.22. The molecule has 16 heavy (non-hydrogen) atoms. The molecule has 6 heteroatoms. The molecule has 0 aromatic heterocycles. The molecule has 1 aliphatic heterocycles.